The van der Waals surface area contributed by atoms with E-state index < -0.39 is 18.0 Å². The third kappa shape index (κ3) is 6.84. The summed E-state index contributed by atoms with van der Waals surface area (Å²) >= 11 is 6.03. The Hall–Kier alpha value is -2.39. The fraction of sp³-hybridized carbons (Fsp3) is 0.600. The summed E-state index contributed by atoms with van der Waals surface area (Å²) in [4.78, 5) is 44.1. The molecule has 2 amide bonds. The Morgan fingerprint density at radius 3 is 2.73 bits per heavy atom. The van der Waals surface area contributed by atoms with E-state index >= 15 is 0 Å². The van der Waals surface area contributed by atoms with Crippen LogP contribution in [0.1, 0.15) is 49.9 Å². The summed E-state index contributed by atoms with van der Waals surface area (Å²) in [5.74, 6) is -1.37. The smallest absolute Gasteiger partial charge is 0.328 e. The van der Waals surface area contributed by atoms with Gasteiger partial charge in [-0.15, -0.1) is 0 Å². The molecule has 1 aromatic heterocycles. The molecular weight excluding hydrogens is 412 g/mol. The fourth-order valence-corrected chi connectivity index (χ4v) is 3.39. The first kappa shape index (κ1) is 23.9. The number of hydrogen-bond donors (Lipinski definition) is 3. The Bertz CT molecular complexity index is 792. The van der Waals surface area contributed by atoms with Gasteiger partial charge < -0.3 is 25.0 Å². The van der Waals surface area contributed by atoms with Crippen molar-refractivity contribution in [1.29, 1.82) is 0 Å². The fourth-order valence-electron chi connectivity index (χ4n) is 3.12. The van der Waals surface area contributed by atoms with Crippen LogP contribution < -0.4 is 5.32 Å². The summed E-state index contributed by atoms with van der Waals surface area (Å²) in [6, 6.07) is -0.314. The van der Waals surface area contributed by atoms with Crippen LogP contribution in [0.25, 0.3) is 0 Å². The number of carboxylic acid groups (broad SMARTS) is 1. The van der Waals surface area contributed by atoms with Gasteiger partial charge >= 0.3 is 5.97 Å². The third-order valence-electron chi connectivity index (χ3n) is 4.88. The topological polar surface area (TPSA) is 125 Å². The van der Waals surface area contributed by atoms with Crippen molar-refractivity contribution >= 4 is 29.4 Å². The number of aromatic amines is 1. The second-order valence-corrected chi connectivity index (χ2v) is 7.98. The number of nitrogens with zero attached hydrogens (tertiary/aromatic N) is 2. The van der Waals surface area contributed by atoms with Crippen LogP contribution in [-0.4, -0.2) is 69.6 Å². The van der Waals surface area contributed by atoms with Gasteiger partial charge in [0.1, 0.15) is 0 Å². The van der Waals surface area contributed by atoms with Crippen molar-refractivity contribution in [1.82, 2.24) is 20.2 Å². The van der Waals surface area contributed by atoms with E-state index in [1.54, 1.807) is 0 Å². The number of carboxylic acids is 1. The lowest BCUT2D eigenvalue weighted by molar-refractivity contribution is -0.133. The molecule has 0 aromatic carbocycles. The molecule has 0 saturated carbocycles. The van der Waals surface area contributed by atoms with Gasteiger partial charge in [-0.2, -0.15) is 0 Å². The minimum atomic E-state index is -1.18. The number of piperidine rings is 1. The molecule has 0 spiro atoms. The molecule has 166 valence electrons. The van der Waals surface area contributed by atoms with E-state index in [1.165, 1.54) is 4.90 Å². The number of nitrogens with one attached hydrogen (secondary N) is 2. The normalized spacial score (nSPS) is 19.4. The maximum Gasteiger partial charge on any atom is 0.328 e. The summed E-state index contributed by atoms with van der Waals surface area (Å²) in [7, 11) is 0. The molecular formula is C20H29ClN4O5. The summed E-state index contributed by atoms with van der Waals surface area (Å²) in [5.41, 5.74) is 0.692. The van der Waals surface area contributed by atoms with Crippen LogP contribution in [0.4, 0.5) is 0 Å². The van der Waals surface area contributed by atoms with Crippen molar-refractivity contribution in [3.05, 3.63) is 28.8 Å². The van der Waals surface area contributed by atoms with Crippen LogP contribution in [0.3, 0.4) is 0 Å². The molecule has 1 aromatic rings. The number of likely N-dealkylation sites (tertiary alicyclic amines) is 1. The molecule has 10 heteroatoms. The van der Waals surface area contributed by atoms with Crippen LogP contribution in [0.15, 0.2) is 12.2 Å². The number of ether oxygens (including phenoxy) is 1. The number of aryl methyl sites for hydroxylation is 1. The van der Waals surface area contributed by atoms with Gasteiger partial charge in [0.05, 0.1) is 17.8 Å². The largest absolute Gasteiger partial charge is 0.478 e. The van der Waals surface area contributed by atoms with Crippen molar-refractivity contribution in [2.45, 2.75) is 52.2 Å². The molecule has 1 fully saturated rings. The number of halogens is 1. The molecule has 9 nitrogen and oxygen atoms in total. The zero-order chi connectivity index (χ0) is 22.3. The monoisotopic (exact) mass is 440 g/mol. The highest BCUT2D eigenvalue weighted by molar-refractivity contribution is 6.30. The number of aliphatic carboxylic acids is 1. The Morgan fingerprint density at radius 2 is 2.13 bits per heavy atom. The van der Waals surface area contributed by atoms with E-state index in [0.29, 0.717) is 37.6 Å². The first-order chi connectivity index (χ1) is 14.2. The van der Waals surface area contributed by atoms with E-state index in [-0.39, 0.29) is 29.5 Å². The number of carbonyl (C=O) groups excluding carboxylic acids is 2. The van der Waals surface area contributed by atoms with E-state index in [9.17, 15) is 14.4 Å². The Balaban J connectivity index is 2.06. The minimum absolute atomic E-state index is 0.140. The predicted octanol–water partition coefficient (Wildman–Crippen LogP) is 2.03. The van der Waals surface area contributed by atoms with Gasteiger partial charge in [0.25, 0.3) is 5.91 Å². The number of imidazole rings is 1. The lowest BCUT2D eigenvalue weighted by Gasteiger charge is -2.38. The Morgan fingerprint density at radius 1 is 1.40 bits per heavy atom. The predicted molar refractivity (Wildman–Crippen MR) is 111 cm³/mol. The maximum atomic E-state index is 12.6. The summed E-state index contributed by atoms with van der Waals surface area (Å²) in [6.07, 6.45) is 3.38. The highest BCUT2D eigenvalue weighted by atomic mass is 35.5. The number of carbonyl (C=O) groups is 3. The average molecular weight is 441 g/mol. The highest BCUT2D eigenvalue weighted by Gasteiger charge is 2.33. The zero-order valence-electron chi connectivity index (χ0n) is 17.5. The van der Waals surface area contributed by atoms with Crippen LogP contribution in [-0.2, 0) is 20.7 Å². The van der Waals surface area contributed by atoms with Gasteiger partial charge in [-0.1, -0.05) is 32.4 Å². The van der Waals surface area contributed by atoms with Crippen molar-refractivity contribution in [2.75, 3.05) is 19.7 Å². The van der Waals surface area contributed by atoms with Gasteiger partial charge in [0.15, 0.2) is 11.0 Å². The first-order valence-corrected chi connectivity index (χ1v) is 10.5. The molecule has 1 saturated heterocycles. The van der Waals surface area contributed by atoms with Gasteiger partial charge in [0, 0.05) is 31.8 Å². The number of amides is 2. The Labute approximate surface area is 180 Å². The van der Waals surface area contributed by atoms with Gasteiger partial charge in [-0.3, -0.25) is 9.59 Å². The lowest BCUT2D eigenvalue weighted by atomic mass is 10.0. The van der Waals surface area contributed by atoms with E-state index in [1.807, 2.05) is 6.92 Å². The SMILES string of the molecule is CCc1[nH]c(C(=O)N[C@H]2CCN(C(=O)/C=C/C(=O)O)C[C@H]2OCCC(C)C)nc1Cl. The van der Waals surface area contributed by atoms with Gasteiger partial charge in [0.2, 0.25) is 5.91 Å². The second kappa shape index (κ2) is 11.1. The number of aromatic nitrogens is 2. The lowest BCUT2D eigenvalue weighted by Crippen LogP contribution is -2.56. The van der Waals surface area contributed by atoms with Crippen LogP contribution >= 0.6 is 11.6 Å². The molecule has 1 aliphatic heterocycles. The highest BCUT2D eigenvalue weighted by Crippen LogP contribution is 2.18. The molecule has 1 aliphatic rings. The molecule has 0 aliphatic carbocycles. The minimum Gasteiger partial charge on any atom is -0.478 e. The van der Waals surface area contributed by atoms with Crippen molar-refractivity contribution < 1.29 is 24.2 Å². The number of rotatable bonds is 9. The number of H-pyrrole nitrogens is 1. The standard InChI is InChI=1S/C20H29ClN4O5/c1-4-13-18(21)24-19(22-13)20(29)23-14-7-9-25(16(26)5-6-17(27)28)11-15(14)30-10-8-12(2)3/h5-6,12,14-15H,4,7-11H2,1-3H3,(H,22,24)(H,23,29)(H,27,28)/b6-5+/t14-,15+/m0/s1. The third-order valence-corrected chi connectivity index (χ3v) is 5.19. The van der Waals surface area contributed by atoms with Crippen LogP contribution in [0.5, 0.6) is 0 Å². The quantitative estimate of drug-likeness (QED) is 0.504. The van der Waals surface area contributed by atoms with E-state index in [2.05, 4.69) is 29.1 Å². The molecule has 2 heterocycles. The van der Waals surface area contributed by atoms with Crippen LogP contribution in [0.2, 0.25) is 5.15 Å². The maximum absolute atomic E-state index is 12.6. The zero-order valence-corrected chi connectivity index (χ0v) is 18.2. The van der Waals surface area contributed by atoms with Crippen molar-refractivity contribution in [2.24, 2.45) is 5.92 Å². The average Bonchev–Trinajstić information content (AvgIpc) is 3.07. The molecule has 0 radical (unpaired) electrons. The van der Waals surface area contributed by atoms with Crippen LogP contribution in [0, 0.1) is 5.92 Å². The van der Waals surface area contributed by atoms with E-state index in [4.69, 9.17) is 21.4 Å². The van der Waals surface area contributed by atoms with Crippen molar-refractivity contribution in [3.63, 3.8) is 0 Å². The molecule has 0 unspecified atom stereocenters. The summed E-state index contributed by atoms with van der Waals surface area (Å²) < 4.78 is 5.99. The Kier molecular flexibility index (Phi) is 8.86. The van der Waals surface area contributed by atoms with Gasteiger partial charge in [-0.25, -0.2) is 9.78 Å². The number of hydrogen-bond acceptors (Lipinski definition) is 5. The molecule has 3 N–H and O–H groups in total. The van der Waals surface area contributed by atoms with Crippen molar-refractivity contribution in [3.8, 4) is 0 Å². The molecule has 30 heavy (non-hydrogen) atoms. The molecule has 2 rings (SSSR count). The second-order valence-electron chi connectivity index (χ2n) is 7.62. The summed E-state index contributed by atoms with van der Waals surface area (Å²) in [6.45, 7) is 7.20. The van der Waals surface area contributed by atoms with Gasteiger partial charge in [-0.05, 0) is 25.2 Å². The summed E-state index contributed by atoms with van der Waals surface area (Å²) in [5, 5.41) is 11.9. The molecule has 2 atom stereocenters. The first-order valence-electron chi connectivity index (χ1n) is 10.1. The molecule has 0 bridgehead atoms. The van der Waals surface area contributed by atoms with E-state index in [0.717, 1.165) is 18.6 Å².